The summed E-state index contributed by atoms with van der Waals surface area (Å²) in [6, 6.07) is 0. The summed E-state index contributed by atoms with van der Waals surface area (Å²) in [4.78, 5) is 26.8. The van der Waals surface area contributed by atoms with E-state index in [2.05, 4.69) is 10.5 Å². The molecule has 1 fully saturated rings. The molecule has 0 aromatic heterocycles. The minimum Gasteiger partial charge on any atom is -0.477 e. The van der Waals surface area contributed by atoms with Crippen LogP contribution < -0.4 is 5.32 Å². The van der Waals surface area contributed by atoms with E-state index in [0.29, 0.717) is 6.54 Å². The van der Waals surface area contributed by atoms with Gasteiger partial charge in [0.25, 0.3) is 5.91 Å². The third-order valence-electron chi connectivity index (χ3n) is 2.76. The molecule has 0 saturated heterocycles. The minimum absolute atomic E-state index is 0.0462. The van der Waals surface area contributed by atoms with Gasteiger partial charge >= 0.3 is 5.97 Å². The molecule has 88 valence electrons. The lowest BCUT2D eigenvalue weighted by molar-refractivity contribution is -0.131. The highest BCUT2D eigenvalue weighted by Gasteiger charge is 2.31. The SMILES string of the molecule is O=C(O)C1=NOC(C(=O)NCCC2CC2)C1. The van der Waals surface area contributed by atoms with Crippen LogP contribution in [0, 0.1) is 5.92 Å². The summed E-state index contributed by atoms with van der Waals surface area (Å²) < 4.78 is 0. The van der Waals surface area contributed by atoms with Crippen LogP contribution in [-0.2, 0) is 14.4 Å². The van der Waals surface area contributed by atoms with Gasteiger partial charge in [0.15, 0.2) is 5.71 Å². The van der Waals surface area contributed by atoms with Gasteiger partial charge < -0.3 is 15.3 Å². The average Bonchev–Trinajstić information content (AvgIpc) is 2.93. The zero-order valence-electron chi connectivity index (χ0n) is 8.81. The minimum atomic E-state index is -1.13. The van der Waals surface area contributed by atoms with Crippen LogP contribution in [0.3, 0.4) is 0 Å². The van der Waals surface area contributed by atoms with E-state index in [1.807, 2.05) is 0 Å². The van der Waals surface area contributed by atoms with Crippen molar-refractivity contribution in [1.82, 2.24) is 5.32 Å². The summed E-state index contributed by atoms with van der Waals surface area (Å²) in [5.74, 6) is -0.649. The number of oxime groups is 1. The number of amides is 1. The van der Waals surface area contributed by atoms with Crippen LogP contribution in [0.25, 0.3) is 0 Å². The fourth-order valence-corrected chi connectivity index (χ4v) is 1.56. The van der Waals surface area contributed by atoms with Gasteiger partial charge in [-0.3, -0.25) is 4.79 Å². The summed E-state index contributed by atoms with van der Waals surface area (Å²) in [5, 5.41) is 14.7. The predicted molar refractivity (Wildman–Crippen MR) is 54.9 cm³/mol. The monoisotopic (exact) mass is 226 g/mol. The van der Waals surface area contributed by atoms with Crippen molar-refractivity contribution in [2.45, 2.75) is 31.8 Å². The molecule has 1 atom stereocenters. The third kappa shape index (κ3) is 2.71. The number of hydrogen-bond donors (Lipinski definition) is 2. The van der Waals surface area contributed by atoms with Gasteiger partial charge in [-0.15, -0.1) is 0 Å². The van der Waals surface area contributed by atoms with Gasteiger partial charge in [-0.1, -0.05) is 18.0 Å². The molecule has 2 rings (SSSR count). The highest BCUT2D eigenvalue weighted by atomic mass is 16.6. The molecule has 1 unspecified atom stereocenters. The number of aliphatic carboxylic acids is 1. The highest BCUT2D eigenvalue weighted by Crippen LogP contribution is 2.31. The van der Waals surface area contributed by atoms with Gasteiger partial charge in [0, 0.05) is 13.0 Å². The smallest absolute Gasteiger partial charge is 0.353 e. The molecule has 6 heteroatoms. The average molecular weight is 226 g/mol. The van der Waals surface area contributed by atoms with E-state index >= 15 is 0 Å². The first-order valence-electron chi connectivity index (χ1n) is 5.40. The molecule has 0 spiro atoms. The van der Waals surface area contributed by atoms with E-state index in [0.717, 1.165) is 12.3 Å². The van der Waals surface area contributed by atoms with E-state index < -0.39 is 12.1 Å². The molecular formula is C10H14N2O4. The Morgan fingerprint density at radius 3 is 2.81 bits per heavy atom. The third-order valence-corrected chi connectivity index (χ3v) is 2.76. The Morgan fingerprint density at radius 2 is 2.25 bits per heavy atom. The van der Waals surface area contributed by atoms with Gasteiger partial charge in [0.2, 0.25) is 6.10 Å². The number of nitrogens with one attached hydrogen (secondary N) is 1. The van der Waals surface area contributed by atoms with Gasteiger partial charge in [-0.2, -0.15) is 0 Å². The quantitative estimate of drug-likeness (QED) is 0.697. The van der Waals surface area contributed by atoms with Crippen molar-refractivity contribution in [1.29, 1.82) is 0 Å². The Labute approximate surface area is 92.6 Å². The van der Waals surface area contributed by atoms with Crippen LogP contribution in [0.15, 0.2) is 5.16 Å². The van der Waals surface area contributed by atoms with Crippen LogP contribution in [-0.4, -0.2) is 35.3 Å². The molecule has 0 bridgehead atoms. The van der Waals surface area contributed by atoms with Gasteiger partial charge in [0.05, 0.1) is 0 Å². The van der Waals surface area contributed by atoms with E-state index in [9.17, 15) is 9.59 Å². The second kappa shape index (κ2) is 4.51. The molecule has 6 nitrogen and oxygen atoms in total. The Kier molecular flexibility index (Phi) is 3.07. The highest BCUT2D eigenvalue weighted by molar-refractivity contribution is 6.36. The van der Waals surface area contributed by atoms with Gasteiger partial charge in [-0.05, 0) is 12.3 Å². The van der Waals surface area contributed by atoms with E-state index in [1.165, 1.54) is 12.8 Å². The standard InChI is InChI=1S/C10H14N2O4/c13-9(11-4-3-6-1-2-6)8-5-7(10(14)15)12-16-8/h6,8H,1-5H2,(H,11,13)(H,14,15). The number of carbonyl (C=O) groups excluding carboxylic acids is 1. The normalized spacial score (nSPS) is 23.5. The molecule has 0 radical (unpaired) electrons. The van der Waals surface area contributed by atoms with Crippen molar-refractivity contribution >= 4 is 17.6 Å². The van der Waals surface area contributed by atoms with E-state index in [4.69, 9.17) is 9.94 Å². The fraction of sp³-hybridized carbons (Fsp3) is 0.700. The van der Waals surface area contributed by atoms with E-state index in [-0.39, 0.29) is 18.0 Å². The summed E-state index contributed by atoms with van der Waals surface area (Å²) in [7, 11) is 0. The predicted octanol–water partition coefficient (Wildman–Crippen LogP) is 0.132. The molecule has 0 aromatic rings. The maximum Gasteiger partial charge on any atom is 0.353 e. The van der Waals surface area contributed by atoms with Crippen molar-refractivity contribution < 1.29 is 19.5 Å². The number of carboxylic acids is 1. The molecule has 0 aromatic carbocycles. The molecule has 1 aliphatic heterocycles. The Balaban J connectivity index is 1.68. The molecule has 1 saturated carbocycles. The number of nitrogens with zero attached hydrogens (tertiary/aromatic N) is 1. The molecule has 2 aliphatic rings. The maximum absolute atomic E-state index is 11.5. The van der Waals surface area contributed by atoms with Crippen LogP contribution in [0.1, 0.15) is 25.7 Å². The number of carbonyl (C=O) groups is 2. The topological polar surface area (TPSA) is 88.0 Å². The zero-order valence-corrected chi connectivity index (χ0v) is 8.81. The lowest BCUT2D eigenvalue weighted by Crippen LogP contribution is -2.35. The van der Waals surface area contributed by atoms with Crippen LogP contribution in [0.2, 0.25) is 0 Å². The molecule has 1 amide bonds. The van der Waals surface area contributed by atoms with Crippen LogP contribution in [0.5, 0.6) is 0 Å². The van der Waals surface area contributed by atoms with E-state index in [1.54, 1.807) is 0 Å². The molecule has 1 heterocycles. The molecule has 16 heavy (non-hydrogen) atoms. The van der Waals surface area contributed by atoms with Crippen LogP contribution >= 0.6 is 0 Å². The largest absolute Gasteiger partial charge is 0.477 e. The Morgan fingerprint density at radius 1 is 1.50 bits per heavy atom. The Bertz CT molecular complexity index is 336. The first-order chi connectivity index (χ1) is 7.66. The first kappa shape index (κ1) is 10.9. The van der Waals surface area contributed by atoms with Crippen LogP contribution in [0.4, 0.5) is 0 Å². The van der Waals surface area contributed by atoms with Crippen molar-refractivity contribution in [2.75, 3.05) is 6.54 Å². The number of rotatable bonds is 5. The molecule has 2 N–H and O–H groups in total. The zero-order chi connectivity index (χ0) is 11.5. The summed E-state index contributed by atoms with van der Waals surface area (Å²) in [6.45, 7) is 0.631. The second-order valence-corrected chi connectivity index (χ2v) is 4.16. The molecule has 1 aliphatic carbocycles. The van der Waals surface area contributed by atoms with Crippen molar-refractivity contribution in [3.05, 3.63) is 0 Å². The van der Waals surface area contributed by atoms with Gasteiger partial charge in [-0.25, -0.2) is 4.79 Å². The number of hydrogen-bond acceptors (Lipinski definition) is 4. The lowest BCUT2D eigenvalue weighted by atomic mass is 10.1. The second-order valence-electron chi connectivity index (χ2n) is 4.16. The Hall–Kier alpha value is -1.59. The van der Waals surface area contributed by atoms with Crippen molar-refractivity contribution in [3.8, 4) is 0 Å². The summed E-state index contributed by atoms with van der Waals surface area (Å²) >= 11 is 0. The van der Waals surface area contributed by atoms with Crippen molar-refractivity contribution in [2.24, 2.45) is 11.1 Å². The lowest BCUT2D eigenvalue weighted by Gasteiger charge is -2.08. The fourth-order valence-electron chi connectivity index (χ4n) is 1.56. The maximum atomic E-state index is 11.5. The van der Waals surface area contributed by atoms with Gasteiger partial charge in [0.1, 0.15) is 0 Å². The number of carboxylic acid groups (broad SMARTS) is 1. The molecular weight excluding hydrogens is 212 g/mol. The van der Waals surface area contributed by atoms with Crippen molar-refractivity contribution in [3.63, 3.8) is 0 Å². The summed E-state index contributed by atoms with van der Waals surface area (Å²) in [5.41, 5.74) is -0.0951. The summed E-state index contributed by atoms with van der Waals surface area (Å²) in [6.07, 6.45) is 2.77. The first-order valence-corrected chi connectivity index (χ1v) is 5.40.